The van der Waals surface area contributed by atoms with E-state index in [1.54, 1.807) is 23.5 Å². The monoisotopic (exact) mass is 336 g/mol. The number of fused-ring (bicyclic) bond motifs is 1. The van der Waals surface area contributed by atoms with Crippen molar-refractivity contribution in [1.29, 1.82) is 0 Å². The molecular weight excluding hydrogens is 328 g/mol. The lowest BCUT2D eigenvalue weighted by molar-refractivity contribution is -0.383. The molecule has 0 N–H and O–H groups in total. The lowest BCUT2D eigenvalue weighted by Crippen LogP contribution is -1.99. The van der Waals surface area contributed by atoms with Crippen molar-refractivity contribution in [2.75, 3.05) is 0 Å². The molecule has 0 aliphatic rings. The first-order valence-electron chi connectivity index (χ1n) is 5.60. The summed E-state index contributed by atoms with van der Waals surface area (Å²) in [7, 11) is 0. The first-order valence-corrected chi connectivity index (χ1v) is 7.27. The fourth-order valence-electron chi connectivity index (χ4n) is 2.12. The third-order valence-corrected chi connectivity index (χ3v) is 4.59. The van der Waals surface area contributed by atoms with E-state index in [0.29, 0.717) is 12.1 Å². The van der Waals surface area contributed by atoms with Crippen molar-refractivity contribution in [2.24, 2.45) is 0 Å². The largest absolute Gasteiger partial charge is 0.337 e. The summed E-state index contributed by atoms with van der Waals surface area (Å²) in [6, 6.07) is 9.09. The van der Waals surface area contributed by atoms with E-state index in [9.17, 15) is 10.1 Å². The van der Waals surface area contributed by atoms with Crippen molar-refractivity contribution < 1.29 is 4.92 Å². The molecule has 3 rings (SSSR count). The molecule has 2 heterocycles. The Morgan fingerprint density at radius 1 is 1.37 bits per heavy atom. The number of aromatic nitrogens is 1. The van der Waals surface area contributed by atoms with Crippen LogP contribution < -0.4 is 0 Å². The van der Waals surface area contributed by atoms with Crippen molar-refractivity contribution in [3.63, 3.8) is 0 Å². The Morgan fingerprint density at radius 3 is 2.89 bits per heavy atom. The number of non-ortho nitro benzene ring substituents is 1. The first kappa shape index (κ1) is 12.4. The molecule has 1 aromatic carbocycles. The maximum absolute atomic E-state index is 11.1. The molecule has 0 atom stereocenters. The van der Waals surface area contributed by atoms with Crippen molar-refractivity contribution in [2.45, 2.75) is 6.54 Å². The lowest BCUT2D eigenvalue weighted by Gasteiger charge is -2.03. The molecule has 0 amide bonds. The van der Waals surface area contributed by atoms with Gasteiger partial charge in [0.05, 0.1) is 11.5 Å². The number of halogens is 1. The van der Waals surface area contributed by atoms with E-state index in [1.807, 2.05) is 34.3 Å². The van der Waals surface area contributed by atoms with Crippen LogP contribution in [0.1, 0.15) is 4.88 Å². The molecule has 0 saturated heterocycles. The van der Waals surface area contributed by atoms with E-state index in [2.05, 4.69) is 15.9 Å². The highest BCUT2D eigenvalue weighted by Gasteiger charge is 2.15. The van der Waals surface area contributed by atoms with Gasteiger partial charge in [0, 0.05) is 32.4 Å². The number of nitro groups is 1. The van der Waals surface area contributed by atoms with E-state index in [1.165, 1.54) is 0 Å². The normalized spacial score (nSPS) is 11.0. The van der Waals surface area contributed by atoms with Gasteiger partial charge in [-0.1, -0.05) is 12.1 Å². The Hall–Kier alpha value is -1.66. The number of rotatable bonds is 3. The van der Waals surface area contributed by atoms with E-state index in [0.717, 1.165) is 14.7 Å². The standard InChI is InChI=1S/C13H9BrN2O2S/c14-10-6-11(19-8-10)7-15-5-4-9-2-1-3-12(13(9)15)16(17)18/h1-6,8H,7H2. The Kier molecular flexibility index (Phi) is 3.12. The molecule has 19 heavy (non-hydrogen) atoms. The smallest absolute Gasteiger partial charge is 0.293 e. The van der Waals surface area contributed by atoms with Crippen LogP contribution in [0.15, 0.2) is 46.4 Å². The molecular formula is C13H9BrN2O2S. The maximum atomic E-state index is 11.1. The zero-order valence-corrected chi connectivity index (χ0v) is 12.1. The minimum Gasteiger partial charge on any atom is -0.337 e. The van der Waals surface area contributed by atoms with Crippen LogP contribution in [0, 0.1) is 10.1 Å². The Morgan fingerprint density at radius 2 is 2.21 bits per heavy atom. The summed E-state index contributed by atoms with van der Waals surface area (Å²) in [5.41, 5.74) is 0.829. The molecule has 0 spiro atoms. The van der Waals surface area contributed by atoms with Crippen LogP contribution in [0.2, 0.25) is 0 Å². The molecule has 6 heteroatoms. The topological polar surface area (TPSA) is 48.1 Å². The second kappa shape index (κ2) is 4.79. The van der Waals surface area contributed by atoms with Crippen LogP contribution in [0.25, 0.3) is 10.9 Å². The van der Waals surface area contributed by atoms with E-state index in [-0.39, 0.29) is 10.6 Å². The van der Waals surface area contributed by atoms with Gasteiger partial charge < -0.3 is 4.57 Å². The van der Waals surface area contributed by atoms with Crippen molar-refractivity contribution in [1.82, 2.24) is 4.57 Å². The summed E-state index contributed by atoms with van der Waals surface area (Å²) in [5.74, 6) is 0. The number of hydrogen-bond donors (Lipinski definition) is 0. The minimum absolute atomic E-state index is 0.151. The van der Waals surface area contributed by atoms with Gasteiger partial charge in [-0.2, -0.15) is 0 Å². The molecule has 0 saturated carbocycles. The summed E-state index contributed by atoms with van der Waals surface area (Å²) >= 11 is 5.05. The SMILES string of the molecule is O=[N+]([O-])c1cccc2ccn(Cc3cc(Br)cs3)c12. The molecule has 0 aliphatic carbocycles. The second-order valence-corrected chi connectivity index (χ2v) is 6.06. The van der Waals surface area contributed by atoms with Crippen molar-refractivity contribution in [3.05, 3.63) is 61.4 Å². The van der Waals surface area contributed by atoms with Crippen molar-refractivity contribution in [3.8, 4) is 0 Å². The molecule has 96 valence electrons. The summed E-state index contributed by atoms with van der Waals surface area (Å²) in [5, 5.41) is 14.0. The van der Waals surface area contributed by atoms with Crippen LogP contribution in [-0.2, 0) is 6.54 Å². The lowest BCUT2D eigenvalue weighted by atomic mass is 10.2. The van der Waals surface area contributed by atoms with Gasteiger partial charge in [-0.05, 0) is 28.1 Å². The zero-order valence-electron chi connectivity index (χ0n) is 9.75. The number of nitrogens with zero attached hydrogens (tertiary/aromatic N) is 2. The van der Waals surface area contributed by atoms with Gasteiger partial charge in [-0.3, -0.25) is 10.1 Å². The molecule has 2 aromatic heterocycles. The van der Waals surface area contributed by atoms with Gasteiger partial charge in [0.1, 0.15) is 5.52 Å². The van der Waals surface area contributed by atoms with Gasteiger partial charge in [-0.25, -0.2) is 0 Å². The van der Waals surface area contributed by atoms with Gasteiger partial charge >= 0.3 is 0 Å². The van der Waals surface area contributed by atoms with Gasteiger partial charge in [0.15, 0.2) is 0 Å². The highest BCUT2D eigenvalue weighted by molar-refractivity contribution is 9.10. The fraction of sp³-hybridized carbons (Fsp3) is 0.0769. The minimum atomic E-state index is -0.330. The van der Waals surface area contributed by atoms with Gasteiger partial charge in [0.2, 0.25) is 0 Å². The zero-order chi connectivity index (χ0) is 13.4. The van der Waals surface area contributed by atoms with Crippen LogP contribution in [0.5, 0.6) is 0 Å². The average molecular weight is 337 g/mol. The molecule has 0 radical (unpaired) electrons. The summed E-state index contributed by atoms with van der Waals surface area (Å²) in [4.78, 5) is 11.9. The third kappa shape index (κ3) is 2.29. The Bertz CT molecular complexity index is 763. The maximum Gasteiger partial charge on any atom is 0.293 e. The average Bonchev–Trinajstić information content (AvgIpc) is 2.97. The van der Waals surface area contributed by atoms with E-state index >= 15 is 0 Å². The third-order valence-electron chi connectivity index (χ3n) is 2.91. The fourth-order valence-corrected chi connectivity index (χ4v) is 3.57. The predicted octanol–water partition coefficient (Wildman–Crippen LogP) is 4.42. The van der Waals surface area contributed by atoms with E-state index < -0.39 is 0 Å². The summed E-state index contributed by atoms with van der Waals surface area (Å²) in [6.45, 7) is 0.643. The number of thiophene rings is 1. The molecule has 4 nitrogen and oxygen atoms in total. The molecule has 0 aliphatic heterocycles. The number of hydrogen-bond acceptors (Lipinski definition) is 3. The number of para-hydroxylation sites is 1. The van der Waals surface area contributed by atoms with Crippen LogP contribution >= 0.6 is 27.3 Å². The van der Waals surface area contributed by atoms with Crippen LogP contribution in [-0.4, -0.2) is 9.49 Å². The van der Waals surface area contributed by atoms with E-state index in [4.69, 9.17) is 0 Å². The van der Waals surface area contributed by atoms with Gasteiger partial charge in [-0.15, -0.1) is 11.3 Å². The first-order chi connectivity index (χ1) is 9.15. The van der Waals surface area contributed by atoms with Crippen LogP contribution in [0.3, 0.4) is 0 Å². The molecule has 3 aromatic rings. The van der Waals surface area contributed by atoms with Gasteiger partial charge in [0.25, 0.3) is 5.69 Å². The number of nitro benzene ring substituents is 1. The summed E-state index contributed by atoms with van der Waals surface area (Å²) in [6.07, 6.45) is 1.89. The highest BCUT2D eigenvalue weighted by Crippen LogP contribution is 2.28. The Labute approximate surface area is 121 Å². The summed E-state index contributed by atoms with van der Waals surface area (Å²) < 4.78 is 2.96. The Balaban J connectivity index is 2.11. The quantitative estimate of drug-likeness (QED) is 0.525. The molecule has 0 bridgehead atoms. The predicted molar refractivity (Wildman–Crippen MR) is 79.7 cm³/mol. The number of benzene rings is 1. The molecule has 0 unspecified atom stereocenters. The molecule has 0 fully saturated rings. The second-order valence-electron chi connectivity index (χ2n) is 4.15. The van der Waals surface area contributed by atoms with Crippen molar-refractivity contribution >= 4 is 43.9 Å². The highest BCUT2D eigenvalue weighted by atomic mass is 79.9. The van der Waals surface area contributed by atoms with Crippen LogP contribution in [0.4, 0.5) is 5.69 Å².